The molecule has 118 valence electrons. The molecule has 2 aromatic carbocycles. The second kappa shape index (κ2) is 8.05. The van der Waals surface area contributed by atoms with Crippen molar-refractivity contribution in [2.75, 3.05) is 6.54 Å². The average molecular weight is 334 g/mol. The van der Waals surface area contributed by atoms with Crippen molar-refractivity contribution < 1.29 is 14.0 Å². The Bertz CT molecular complexity index is 732. The summed E-state index contributed by atoms with van der Waals surface area (Å²) in [5, 5.41) is 6.73. The SMILES string of the molecule is O=C(CNC(=O)c1cccc(F)c1)N/N=C\c1ccc(Cl)cc1. The van der Waals surface area contributed by atoms with Gasteiger partial charge in [0.1, 0.15) is 5.82 Å². The molecular formula is C16H13ClFN3O2. The van der Waals surface area contributed by atoms with Gasteiger partial charge in [-0.15, -0.1) is 0 Å². The van der Waals surface area contributed by atoms with E-state index < -0.39 is 17.6 Å². The van der Waals surface area contributed by atoms with Gasteiger partial charge in [0.15, 0.2) is 0 Å². The first-order valence-electron chi connectivity index (χ1n) is 6.66. The van der Waals surface area contributed by atoms with Crippen molar-refractivity contribution in [2.24, 2.45) is 5.10 Å². The zero-order chi connectivity index (χ0) is 16.7. The van der Waals surface area contributed by atoms with Crippen molar-refractivity contribution >= 4 is 29.6 Å². The van der Waals surface area contributed by atoms with Crippen molar-refractivity contribution in [1.29, 1.82) is 0 Å². The standard InChI is InChI=1S/C16H13ClFN3O2/c17-13-6-4-11(5-7-13)9-20-21-15(22)10-19-16(23)12-2-1-3-14(18)8-12/h1-9H,10H2,(H,19,23)(H,21,22)/b20-9-. The fourth-order valence-corrected chi connectivity index (χ4v) is 1.79. The molecule has 0 saturated carbocycles. The molecule has 2 amide bonds. The van der Waals surface area contributed by atoms with Crippen LogP contribution in [0.1, 0.15) is 15.9 Å². The smallest absolute Gasteiger partial charge is 0.259 e. The fraction of sp³-hybridized carbons (Fsp3) is 0.0625. The Hall–Kier alpha value is -2.73. The lowest BCUT2D eigenvalue weighted by atomic mass is 10.2. The molecule has 0 heterocycles. The zero-order valence-electron chi connectivity index (χ0n) is 11.9. The van der Waals surface area contributed by atoms with Crippen LogP contribution >= 0.6 is 11.6 Å². The van der Waals surface area contributed by atoms with Crippen LogP contribution in [0.15, 0.2) is 53.6 Å². The number of nitrogens with zero attached hydrogens (tertiary/aromatic N) is 1. The zero-order valence-corrected chi connectivity index (χ0v) is 12.7. The lowest BCUT2D eigenvalue weighted by Crippen LogP contribution is -2.34. The van der Waals surface area contributed by atoms with Gasteiger partial charge in [-0.25, -0.2) is 9.82 Å². The number of benzene rings is 2. The molecule has 0 aliphatic carbocycles. The van der Waals surface area contributed by atoms with Crippen molar-refractivity contribution in [1.82, 2.24) is 10.7 Å². The first-order valence-corrected chi connectivity index (χ1v) is 7.03. The predicted octanol–water partition coefficient (Wildman–Crippen LogP) is 2.36. The second-order valence-electron chi connectivity index (χ2n) is 4.54. The van der Waals surface area contributed by atoms with Gasteiger partial charge in [-0.3, -0.25) is 9.59 Å². The van der Waals surface area contributed by atoms with Crippen LogP contribution in [0.2, 0.25) is 5.02 Å². The molecule has 23 heavy (non-hydrogen) atoms. The van der Waals surface area contributed by atoms with Crippen LogP contribution < -0.4 is 10.7 Å². The maximum Gasteiger partial charge on any atom is 0.259 e. The van der Waals surface area contributed by atoms with Gasteiger partial charge in [-0.2, -0.15) is 5.10 Å². The summed E-state index contributed by atoms with van der Waals surface area (Å²) in [6.45, 7) is -0.271. The van der Waals surface area contributed by atoms with E-state index in [1.54, 1.807) is 24.3 Å². The first-order chi connectivity index (χ1) is 11.0. The molecule has 0 spiro atoms. The van der Waals surface area contributed by atoms with Crippen LogP contribution in [0.4, 0.5) is 4.39 Å². The lowest BCUT2D eigenvalue weighted by molar-refractivity contribution is -0.120. The maximum absolute atomic E-state index is 13.0. The Morgan fingerprint density at radius 3 is 2.61 bits per heavy atom. The number of hydrogen-bond acceptors (Lipinski definition) is 3. The maximum atomic E-state index is 13.0. The Balaban J connectivity index is 1.78. The molecule has 0 unspecified atom stereocenters. The molecule has 0 bridgehead atoms. The van der Waals surface area contributed by atoms with Crippen LogP contribution in [0.3, 0.4) is 0 Å². The predicted molar refractivity (Wildman–Crippen MR) is 85.9 cm³/mol. The van der Waals surface area contributed by atoms with Gasteiger partial charge in [0, 0.05) is 10.6 Å². The summed E-state index contributed by atoms with van der Waals surface area (Å²) in [7, 11) is 0. The molecule has 2 rings (SSSR count). The van der Waals surface area contributed by atoms with E-state index in [4.69, 9.17) is 11.6 Å². The Labute approximate surface area is 137 Å². The molecule has 0 saturated heterocycles. The van der Waals surface area contributed by atoms with E-state index in [0.29, 0.717) is 5.02 Å². The lowest BCUT2D eigenvalue weighted by Gasteiger charge is -2.04. The van der Waals surface area contributed by atoms with E-state index in [-0.39, 0.29) is 12.1 Å². The van der Waals surface area contributed by atoms with E-state index in [0.717, 1.165) is 11.6 Å². The normalized spacial score (nSPS) is 10.5. The summed E-state index contributed by atoms with van der Waals surface area (Å²) in [5.41, 5.74) is 3.18. The largest absolute Gasteiger partial charge is 0.343 e. The number of carbonyl (C=O) groups is 2. The summed E-state index contributed by atoms with van der Waals surface area (Å²) in [4.78, 5) is 23.3. The Morgan fingerprint density at radius 2 is 1.91 bits per heavy atom. The minimum Gasteiger partial charge on any atom is -0.343 e. The second-order valence-corrected chi connectivity index (χ2v) is 4.97. The van der Waals surface area contributed by atoms with Gasteiger partial charge in [0.05, 0.1) is 12.8 Å². The monoisotopic (exact) mass is 333 g/mol. The van der Waals surface area contributed by atoms with Crippen molar-refractivity contribution in [3.8, 4) is 0 Å². The van der Waals surface area contributed by atoms with E-state index in [2.05, 4.69) is 15.8 Å². The minimum atomic E-state index is -0.540. The van der Waals surface area contributed by atoms with Gasteiger partial charge in [-0.05, 0) is 35.9 Å². The highest BCUT2D eigenvalue weighted by molar-refractivity contribution is 6.30. The first kappa shape index (κ1) is 16.6. The van der Waals surface area contributed by atoms with Crippen LogP contribution in [0.25, 0.3) is 0 Å². The molecule has 0 atom stereocenters. The fourth-order valence-electron chi connectivity index (χ4n) is 1.66. The minimum absolute atomic E-state index is 0.141. The van der Waals surface area contributed by atoms with Crippen molar-refractivity contribution in [3.05, 3.63) is 70.5 Å². The number of amides is 2. The van der Waals surface area contributed by atoms with Crippen LogP contribution in [0, 0.1) is 5.82 Å². The van der Waals surface area contributed by atoms with Crippen LogP contribution in [-0.2, 0) is 4.79 Å². The third kappa shape index (κ3) is 5.52. The van der Waals surface area contributed by atoms with Gasteiger partial charge >= 0.3 is 0 Å². The Kier molecular flexibility index (Phi) is 5.82. The highest BCUT2D eigenvalue weighted by atomic mass is 35.5. The van der Waals surface area contributed by atoms with Gasteiger partial charge in [0.25, 0.3) is 11.8 Å². The van der Waals surface area contributed by atoms with Crippen LogP contribution in [-0.4, -0.2) is 24.6 Å². The third-order valence-corrected chi connectivity index (χ3v) is 3.02. The van der Waals surface area contributed by atoms with Gasteiger partial charge in [-0.1, -0.05) is 29.8 Å². The highest BCUT2D eigenvalue weighted by Crippen LogP contribution is 2.07. The summed E-state index contributed by atoms with van der Waals surface area (Å²) in [5.74, 6) is -1.56. The molecule has 0 aromatic heterocycles. The number of carbonyl (C=O) groups excluding carboxylic acids is 2. The number of hydrazone groups is 1. The molecule has 5 nitrogen and oxygen atoms in total. The Morgan fingerprint density at radius 1 is 1.17 bits per heavy atom. The molecule has 0 aliphatic rings. The molecular weight excluding hydrogens is 321 g/mol. The molecule has 0 radical (unpaired) electrons. The molecule has 7 heteroatoms. The molecule has 0 fully saturated rings. The van der Waals surface area contributed by atoms with Crippen molar-refractivity contribution in [3.63, 3.8) is 0 Å². The van der Waals surface area contributed by atoms with E-state index >= 15 is 0 Å². The topological polar surface area (TPSA) is 70.6 Å². The average Bonchev–Trinajstić information content (AvgIpc) is 2.54. The highest BCUT2D eigenvalue weighted by Gasteiger charge is 2.08. The van der Waals surface area contributed by atoms with Crippen LogP contribution in [0.5, 0.6) is 0 Å². The third-order valence-electron chi connectivity index (χ3n) is 2.77. The number of halogens is 2. The van der Waals surface area contributed by atoms with Gasteiger partial charge < -0.3 is 5.32 Å². The molecule has 2 aromatic rings. The summed E-state index contributed by atoms with van der Waals surface area (Å²) in [6.07, 6.45) is 1.45. The number of hydrogen-bond donors (Lipinski definition) is 2. The molecule has 0 aliphatic heterocycles. The molecule has 2 N–H and O–H groups in total. The van der Waals surface area contributed by atoms with E-state index in [1.807, 2.05) is 0 Å². The summed E-state index contributed by atoms with van der Waals surface area (Å²) >= 11 is 5.75. The van der Waals surface area contributed by atoms with Gasteiger partial charge in [0.2, 0.25) is 0 Å². The summed E-state index contributed by atoms with van der Waals surface area (Å²) in [6, 6.07) is 12.1. The van der Waals surface area contributed by atoms with Crippen molar-refractivity contribution in [2.45, 2.75) is 0 Å². The van der Waals surface area contributed by atoms with E-state index in [1.165, 1.54) is 24.4 Å². The summed E-state index contributed by atoms with van der Waals surface area (Å²) < 4.78 is 13.0. The van der Waals surface area contributed by atoms with E-state index in [9.17, 15) is 14.0 Å². The quantitative estimate of drug-likeness (QED) is 0.651. The number of nitrogens with one attached hydrogen (secondary N) is 2. The number of rotatable bonds is 5.